The molecule has 0 spiro atoms. The van der Waals surface area contributed by atoms with Crippen LogP contribution >= 0.6 is 0 Å². The molecule has 1 heteroatoms. The second-order valence-corrected chi connectivity index (χ2v) is 4.68. The van der Waals surface area contributed by atoms with E-state index in [9.17, 15) is 4.79 Å². The van der Waals surface area contributed by atoms with Gasteiger partial charge in [-0.05, 0) is 13.8 Å². The van der Waals surface area contributed by atoms with Gasteiger partial charge in [-0.15, -0.1) is 0 Å². The Morgan fingerprint density at radius 3 is 0.941 bits per heavy atom. The molecule has 0 N–H and O–H groups in total. The zero-order valence-electron chi connectivity index (χ0n) is 13.3. The van der Waals surface area contributed by atoms with Gasteiger partial charge in [0.2, 0.25) is 0 Å². The van der Waals surface area contributed by atoms with Crippen LogP contribution in [0, 0.1) is 0 Å². The van der Waals surface area contributed by atoms with Gasteiger partial charge in [0.1, 0.15) is 5.78 Å². The van der Waals surface area contributed by atoms with Gasteiger partial charge in [0.25, 0.3) is 0 Å². The summed E-state index contributed by atoms with van der Waals surface area (Å²) in [5.41, 5.74) is 0. The maximum absolute atomic E-state index is 9.44. The predicted molar refractivity (Wildman–Crippen MR) is 80.6 cm³/mol. The molecule has 0 aliphatic carbocycles. The van der Waals surface area contributed by atoms with E-state index < -0.39 is 0 Å². The lowest BCUT2D eigenvalue weighted by Gasteiger charge is -1.90. The highest BCUT2D eigenvalue weighted by molar-refractivity contribution is 5.72. The molecule has 0 aliphatic heterocycles. The minimum absolute atomic E-state index is 0.167. The SMILES string of the molecule is CC(C)=O.CCCCCC.CCCCCCC. The third kappa shape index (κ3) is 65.8. The van der Waals surface area contributed by atoms with Crippen molar-refractivity contribution in [1.82, 2.24) is 0 Å². The van der Waals surface area contributed by atoms with E-state index in [1.165, 1.54) is 71.6 Å². The minimum atomic E-state index is 0.167. The molecule has 0 saturated heterocycles. The van der Waals surface area contributed by atoms with E-state index >= 15 is 0 Å². The van der Waals surface area contributed by atoms with Crippen LogP contribution in [0.1, 0.15) is 99.3 Å². The zero-order chi connectivity index (χ0) is 13.9. The van der Waals surface area contributed by atoms with E-state index in [1.54, 1.807) is 0 Å². The molecule has 0 atom stereocenters. The molecular formula is C16H36O. The van der Waals surface area contributed by atoms with Gasteiger partial charge in [-0.2, -0.15) is 0 Å². The van der Waals surface area contributed by atoms with Crippen molar-refractivity contribution in [2.45, 2.75) is 99.3 Å². The van der Waals surface area contributed by atoms with Crippen LogP contribution in [0.15, 0.2) is 0 Å². The van der Waals surface area contributed by atoms with Gasteiger partial charge in [-0.3, -0.25) is 0 Å². The molecule has 0 fully saturated rings. The van der Waals surface area contributed by atoms with Gasteiger partial charge in [0, 0.05) is 0 Å². The number of Topliss-reactive ketones (excluding diaryl/α,β-unsaturated/α-hetero) is 1. The largest absolute Gasteiger partial charge is 0.300 e. The molecule has 0 radical (unpaired) electrons. The fourth-order valence-corrected chi connectivity index (χ4v) is 1.18. The van der Waals surface area contributed by atoms with Crippen molar-refractivity contribution in [3.8, 4) is 0 Å². The number of hydrogen-bond donors (Lipinski definition) is 0. The molecular weight excluding hydrogens is 208 g/mol. The van der Waals surface area contributed by atoms with Crippen LogP contribution in [-0.2, 0) is 4.79 Å². The van der Waals surface area contributed by atoms with Crippen molar-refractivity contribution in [3.05, 3.63) is 0 Å². The van der Waals surface area contributed by atoms with Crippen LogP contribution in [0.5, 0.6) is 0 Å². The van der Waals surface area contributed by atoms with E-state index in [4.69, 9.17) is 0 Å². The maximum atomic E-state index is 9.44. The number of carbonyl (C=O) groups excluding carboxylic acids is 1. The van der Waals surface area contributed by atoms with Crippen molar-refractivity contribution in [3.63, 3.8) is 0 Å². The summed E-state index contributed by atoms with van der Waals surface area (Å²) in [5.74, 6) is 0.167. The highest BCUT2D eigenvalue weighted by Crippen LogP contribution is 2.00. The van der Waals surface area contributed by atoms with Crippen LogP contribution in [-0.4, -0.2) is 5.78 Å². The monoisotopic (exact) mass is 244 g/mol. The summed E-state index contributed by atoms with van der Waals surface area (Å²) in [6.07, 6.45) is 12.5. The number of carbonyl (C=O) groups is 1. The number of hydrogen-bond acceptors (Lipinski definition) is 1. The first-order valence-corrected chi connectivity index (χ1v) is 7.53. The second kappa shape index (κ2) is 24.8. The first-order chi connectivity index (χ1) is 8.06. The highest BCUT2D eigenvalue weighted by Gasteiger charge is 1.80. The lowest BCUT2D eigenvalue weighted by atomic mass is 10.2. The van der Waals surface area contributed by atoms with Gasteiger partial charge >= 0.3 is 0 Å². The fourth-order valence-electron chi connectivity index (χ4n) is 1.18. The molecule has 0 aliphatic rings. The van der Waals surface area contributed by atoms with E-state index in [-0.39, 0.29) is 5.78 Å². The average Bonchev–Trinajstić information content (AvgIpc) is 2.27. The van der Waals surface area contributed by atoms with Crippen LogP contribution < -0.4 is 0 Å². The molecule has 0 aromatic carbocycles. The Labute approximate surface area is 110 Å². The van der Waals surface area contributed by atoms with Gasteiger partial charge in [-0.25, -0.2) is 0 Å². The van der Waals surface area contributed by atoms with E-state index in [0.717, 1.165) is 0 Å². The molecule has 0 aromatic rings. The third-order valence-electron chi connectivity index (χ3n) is 2.16. The Morgan fingerprint density at radius 1 is 0.588 bits per heavy atom. The molecule has 0 heterocycles. The van der Waals surface area contributed by atoms with Crippen molar-refractivity contribution >= 4 is 5.78 Å². The minimum Gasteiger partial charge on any atom is -0.300 e. The van der Waals surface area contributed by atoms with Crippen LogP contribution in [0.2, 0.25) is 0 Å². The Kier molecular flexibility index (Phi) is 31.9. The average molecular weight is 244 g/mol. The fraction of sp³-hybridized carbons (Fsp3) is 0.938. The van der Waals surface area contributed by atoms with Crippen LogP contribution in [0.25, 0.3) is 0 Å². The number of rotatable bonds is 7. The molecule has 0 unspecified atom stereocenters. The highest BCUT2D eigenvalue weighted by atomic mass is 16.1. The molecule has 0 amide bonds. The topological polar surface area (TPSA) is 17.1 Å². The van der Waals surface area contributed by atoms with Gasteiger partial charge in [-0.1, -0.05) is 85.5 Å². The quantitative estimate of drug-likeness (QED) is 0.490. The zero-order valence-corrected chi connectivity index (χ0v) is 13.3. The van der Waals surface area contributed by atoms with Gasteiger partial charge < -0.3 is 4.79 Å². The van der Waals surface area contributed by atoms with Gasteiger partial charge in [0.05, 0.1) is 0 Å². The first kappa shape index (κ1) is 21.9. The van der Waals surface area contributed by atoms with Crippen molar-refractivity contribution in [2.75, 3.05) is 0 Å². The summed E-state index contributed by atoms with van der Waals surface area (Å²) in [6, 6.07) is 0. The number of ketones is 1. The molecule has 0 aromatic heterocycles. The molecule has 106 valence electrons. The third-order valence-corrected chi connectivity index (χ3v) is 2.16. The normalized spacial score (nSPS) is 8.59. The van der Waals surface area contributed by atoms with Gasteiger partial charge in [0.15, 0.2) is 0 Å². The van der Waals surface area contributed by atoms with E-state index in [0.29, 0.717) is 0 Å². The van der Waals surface area contributed by atoms with Crippen molar-refractivity contribution < 1.29 is 4.79 Å². The lowest BCUT2D eigenvalue weighted by Crippen LogP contribution is -1.70. The molecule has 0 rings (SSSR count). The smallest absolute Gasteiger partial charge is 0.126 e. The summed E-state index contributed by atoms with van der Waals surface area (Å²) in [7, 11) is 0. The Bertz CT molecular complexity index is 107. The van der Waals surface area contributed by atoms with Crippen molar-refractivity contribution in [1.29, 1.82) is 0 Å². The summed E-state index contributed by atoms with van der Waals surface area (Å²) < 4.78 is 0. The molecule has 0 saturated carbocycles. The summed E-state index contributed by atoms with van der Waals surface area (Å²) in [6.45, 7) is 12.0. The summed E-state index contributed by atoms with van der Waals surface area (Å²) in [4.78, 5) is 9.44. The Hall–Kier alpha value is -0.330. The van der Waals surface area contributed by atoms with Crippen LogP contribution in [0.4, 0.5) is 0 Å². The summed E-state index contributed by atoms with van der Waals surface area (Å²) in [5, 5.41) is 0. The van der Waals surface area contributed by atoms with E-state index in [1.807, 2.05) is 0 Å². The predicted octanol–water partition coefficient (Wildman–Crippen LogP) is 6.16. The number of unbranched alkanes of at least 4 members (excludes halogenated alkanes) is 7. The molecule has 0 bridgehead atoms. The Balaban J connectivity index is -0.000000180. The second-order valence-electron chi connectivity index (χ2n) is 4.68. The first-order valence-electron chi connectivity index (χ1n) is 7.53. The van der Waals surface area contributed by atoms with Crippen molar-refractivity contribution in [2.24, 2.45) is 0 Å². The van der Waals surface area contributed by atoms with Crippen LogP contribution in [0.3, 0.4) is 0 Å². The standard InChI is InChI=1S/C7H16.C6H14.C3H6O/c1-3-5-7-6-4-2;1-3-5-6-4-2;1-3(2)4/h3-7H2,1-2H3;3-6H2,1-2H3;1-2H3. The molecule has 17 heavy (non-hydrogen) atoms. The van der Waals surface area contributed by atoms with E-state index in [2.05, 4.69) is 27.7 Å². The summed E-state index contributed by atoms with van der Waals surface area (Å²) >= 11 is 0. The lowest BCUT2D eigenvalue weighted by molar-refractivity contribution is -0.114. The molecule has 1 nitrogen and oxygen atoms in total. The maximum Gasteiger partial charge on any atom is 0.126 e. The Morgan fingerprint density at radius 2 is 0.765 bits per heavy atom.